The smallest absolute Gasteiger partial charge is 0.259 e. The van der Waals surface area contributed by atoms with Crippen molar-refractivity contribution in [2.75, 3.05) is 19.7 Å². The Kier molecular flexibility index (Phi) is 5.58. The van der Waals surface area contributed by atoms with Crippen LogP contribution in [0.25, 0.3) is 11.3 Å². The second-order valence-corrected chi connectivity index (χ2v) is 7.56. The summed E-state index contributed by atoms with van der Waals surface area (Å²) in [5.74, 6) is -0.569. The predicted molar refractivity (Wildman–Crippen MR) is 108 cm³/mol. The third-order valence-electron chi connectivity index (χ3n) is 4.87. The number of benzene rings is 2. The Labute approximate surface area is 177 Å². The standard InChI is InChI=1S/C21H17Cl2FN2O3/c1-12-18(20(25-29-12)19-15(23)3-2-4-16(19)24)21(27)26-9-10-28-17(11-26)13-5-7-14(22)8-6-13/h2-8,17H,9-11H2,1H3. The van der Waals surface area contributed by atoms with Crippen LogP contribution in [-0.4, -0.2) is 35.7 Å². The van der Waals surface area contributed by atoms with Crippen molar-refractivity contribution in [2.45, 2.75) is 13.0 Å². The third kappa shape index (κ3) is 3.88. The van der Waals surface area contributed by atoms with Gasteiger partial charge >= 0.3 is 0 Å². The molecule has 0 N–H and O–H groups in total. The van der Waals surface area contributed by atoms with Crippen molar-refractivity contribution in [1.29, 1.82) is 0 Å². The summed E-state index contributed by atoms with van der Waals surface area (Å²) < 4.78 is 25.5. The van der Waals surface area contributed by atoms with E-state index in [1.807, 2.05) is 12.1 Å². The van der Waals surface area contributed by atoms with E-state index < -0.39 is 5.82 Å². The van der Waals surface area contributed by atoms with Crippen LogP contribution < -0.4 is 0 Å². The first-order valence-electron chi connectivity index (χ1n) is 9.02. The van der Waals surface area contributed by atoms with Crippen LogP contribution in [0.5, 0.6) is 0 Å². The molecule has 0 saturated carbocycles. The maximum absolute atomic E-state index is 14.4. The van der Waals surface area contributed by atoms with Crippen molar-refractivity contribution in [1.82, 2.24) is 10.1 Å². The summed E-state index contributed by atoms with van der Waals surface area (Å²) >= 11 is 12.1. The molecule has 0 spiro atoms. The highest BCUT2D eigenvalue weighted by atomic mass is 35.5. The molecule has 0 aliphatic carbocycles. The average molecular weight is 435 g/mol. The minimum absolute atomic E-state index is 0.0527. The van der Waals surface area contributed by atoms with Crippen LogP contribution in [0.1, 0.15) is 27.8 Å². The lowest BCUT2D eigenvalue weighted by Crippen LogP contribution is -2.42. The van der Waals surface area contributed by atoms with Crippen LogP contribution >= 0.6 is 23.2 Å². The Bertz CT molecular complexity index is 1030. The van der Waals surface area contributed by atoms with E-state index in [9.17, 15) is 9.18 Å². The number of hydrogen-bond donors (Lipinski definition) is 0. The quantitative estimate of drug-likeness (QED) is 0.560. The molecule has 2 heterocycles. The van der Waals surface area contributed by atoms with Gasteiger partial charge in [-0.25, -0.2) is 4.39 Å². The van der Waals surface area contributed by atoms with E-state index in [0.717, 1.165) is 5.56 Å². The second-order valence-electron chi connectivity index (χ2n) is 6.72. The first-order chi connectivity index (χ1) is 14.0. The number of amides is 1. The van der Waals surface area contributed by atoms with E-state index in [1.54, 1.807) is 30.0 Å². The van der Waals surface area contributed by atoms with Crippen LogP contribution in [0.3, 0.4) is 0 Å². The van der Waals surface area contributed by atoms with Gasteiger partial charge in [-0.1, -0.05) is 46.6 Å². The van der Waals surface area contributed by atoms with E-state index in [-0.39, 0.29) is 33.9 Å². The lowest BCUT2D eigenvalue weighted by molar-refractivity contribution is -0.0228. The minimum atomic E-state index is -0.569. The van der Waals surface area contributed by atoms with Crippen molar-refractivity contribution in [3.05, 3.63) is 75.2 Å². The van der Waals surface area contributed by atoms with Crippen LogP contribution in [0.2, 0.25) is 10.0 Å². The second kappa shape index (κ2) is 8.14. The molecule has 4 rings (SSSR count). The number of hydrogen-bond acceptors (Lipinski definition) is 4. The molecule has 1 aliphatic heterocycles. The molecule has 0 radical (unpaired) electrons. The molecular formula is C21H17Cl2FN2O3. The number of rotatable bonds is 3. The number of aromatic nitrogens is 1. The molecule has 1 aromatic heterocycles. The lowest BCUT2D eigenvalue weighted by Gasteiger charge is -2.33. The van der Waals surface area contributed by atoms with Gasteiger partial charge in [-0.2, -0.15) is 0 Å². The van der Waals surface area contributed by atoms with E-state index in [4.69, 9.17) is 32.5 Å². The van der Waals surface area contributed by atoms with Crippen molar-refractivity contribution in [3.63, 3.8) is 0 Å². The molecule has 1 unspecified atom stereocenters. The molecule has 3 aromatic rings. The highest BCUT2D eigenvalue weighted by Crippen LogP contribution is 2.34. The summed E-state index contributed by atoms with van der Waals surface area (Å²) in [6.45, 7) is 2.74. The molecule has 150 valence electrons. The van der Waals surface area contributed by atoms with Crippen LogP contribution in [0, 0.1) is 12.7 Å². The zero-order valence-electron chi connectivity index (χ0n) is 15.5. The summed E-state index contributed by atoms with van der Waals surface area (Å²) in [5, 5.41) is 4.71. The first-order valence-corrected chi connectivity index (χ1v) is 9.78. The molecule has 5 nitrogen and oxygen atoms in total. The molecule has 0 bridgehead atoms. The summed E-state index contributed by atoms with van der Waals surface area (Å²) in [4.78, 5) is 15.0. The average Bonchev–Trinajstić information content (AvgIpc) is 3.09. The minimum Gasteiger partial charge on any atom is -0.370 e. The van der Waals surface area contributed by atoms with Gasteiger partial charge in [0.2, 0.25) is 0 Å². The molecule has 2 aromatic carbocycles. The van der Waals surface area contributed by atoms with E-state index >= 15 is 0 Å². The van der Waals surface area contributed by atoms with Crippen molar-refractivity contribution in [2.24, 2.45) is 0 Å². The fraction of sp³-hybridized carbons (Fsp3) is 0.238. The van der Waals surface area contributed by atoms with E-state index in [1.165, 1.54) is 12.1 Å². The van der Waals surface area contributed by atoms with E-state index in [2.05, 4.69) is 5.16 Å². The Morgan fingerprint density at radius 2 is 1.97 bits per heavy atom. The Balaban J connectivity index is 1.65. The van der Waals surface area contributed by atoms with Crippen molar-refractivity contribution >= 4 is 29.1 Å². The number of nitrogens with zero attached hydrogens (tertiary/aromatic N) is 2. The van der Waals surface area contributed by atoms with Crippen LogP contribution in [0.15, 0.2) is 47.0 Å². The van der Waals surface area contributed by atoms with Gasteiger partial charge in [0.15, 0.2) is 0 Å². The first kappa shape index (κ1) is 19.9. The third-order valence-corrected chi connectivity index (χ3v) is 5.44. The summed E-state index contributed by atoms with van der Waals surface area (Å²) in [7, 11) is 0. The van der Waals surface area contributed by atoms with Gasteiger partial charge in [-0.05, 0) is 36.8 Å². The normalized spacial score (nSPS) is 16.8. The molecule has 1 amide bonds. The van der Waals surface area contributed by atoms with Crippen LogP contribution in [0.4, 0.5) is 4.39 Å². The van der Waals surface area contributed by atoms with Gasteiger partial charge in [0, 0.05) is 11.6 Å². The highest BCUT2D eigenvalue weighted by Gasteiger charge is 2.32. The molecule has 1 aliphatic rings. The number of aryl methyl sites for hydroxylation is 1. The van der Waals surface area contributed by atoms with Crippen molar-refractivity contribution < 1.29 is 18.4 Å². The summed E-state index contributed by atoms with van der Waals surface area (Å²) in [6, 6.07) is 11.6. The molecule has 1 saturated heterocycles. The van der Waals surface area contributed by atoms with Gasteiger partial charge in [0.05, 0.1) is 23.7 Å². The van der Waals surface area contributed by atoms with Gasteiger partial charge in [-0.3, -0.25) is 4.79 Å². The number of carbonyl (C=O) groups is 1. The van der Waals surface area contributed by atoms with Gasteiger partial charge in [0.25, 0.3) is 5.91 Å². The molecule has 8 heteroatoms. The largest absolute Gasteiger partial charge is 0.370 e. The zero-order chi connectivity index (χ0) is 20.5. The summed E-state index contributed by atoms with van der Waals surface area (Å²) in [6.07, 6.45) is -0.286. The maximum Gasteiger partial charge on any atom is 0.259 e. The fourth-order valence-corrected chi connectivity index (χ4v) is 3.77. The topological polar surface area (TPSA) is 55.6 Å². The van der Waals surface area contributed by atoms with Crippen LogP contribution in [-0.2, 0) is 4.74 Å². The monoisotopic (exact) mass is 434 g/mol. The van der Waals surface area contributed by atoms with Gasteiger partial charge in [-0.15, -0.1) is 0 Å². The number of halogens is 3. The molecule has 1 fully saturated rings. The highest BCUT2D eigenvalue weighted by molar-refractivity contribution is 6.33. The SMILES string of the molecule is Cc1onc(-c2c(F)cccc2Cl)c1C(=O)N1CCOC(c2ccc(Cl)cc2)C1. The summed E-state index contributed by atoms with van der Waals surface area (Å²) in [5.41, 5.74) is 1.28. The molecular weight excluding hydrogens is 418 g/mol. The van der Waals surface area contributed by atoms with Crippen molar-refractivity contribution in [3.8, 4) is 11.3 Å². The number of morpholine rings is 1. The number of carbonyl (C=O) groups excluding carboxylic acids is 1. The molecule has 1 atom stereocenters. The maximum atomic E-state index is 14.4. The molecule has 29 heavy (non-hydrogen) atoms. The Morgan fingerprint density at radius 1 is 1.21 bits per heavy atom. The zero-order valence-corrected chi connectivity index (χ0v) is 17.0. The lowest BCUT2D eigenvalue weighted by atomic mass is 10.0. The van der Waals surface area contributed by atoms with Gasteiger partial charge in [0.1, 0.15) is 28.9 Å². The van der Waals surface area contributed by atoms with Gasteiger partial charge < -0.3 is 14.2 Å². The fourth-order valence-electron chi connectivity index (χ4n) is 3.39. The van der Waals surface area contributed by atoms with E-state index in [0.29, 0.717) is 30.5 Å². The number of ether oxygens (including phenoxy) is 1. The Morgan fingerprint density at radius 3 is 2.69 bits per heavy atom. The Hall–Kier alpha value is -2.41. The predicted octanol–water partition coefficient (Wildman–Crippen LogP) is 5.31.